The fraction of sp³-hybridized carbons (Fsp3) is 0.556. The lowest BCUT2D eigenvalue weighted by molar-refractivity contribution is 0.0159. The van der Waals surface area contributed by atoms with Gasteiger partial charge in [-0.15, -0.1) is 0 Å². The van der Waals surface area contributed by atoms with Crippen LogP contribution in [0.3, 0.4) is 0 Å². The van der Waals surface area contributed by atoms with Crippen molar-refractivity contribution in [1.29, 1.82) is 0 Å². The Bertz CT molecular complexity index is 722. The van der Waals surface area contributed by atoms with E-state index in [1.54, 1.807) is 18.0 Å². The second-order valence-electron chi connectivity index (χ2n) is 6.79. The first-order valence-electron chi connectivity index (χ1n) is 8.30. The first kappa shape index (κ1) is 16.1. The largest absolute Gasteiger partial charge is 0.384 e. The van der Waals surface area contributed by atoms with Gasteiger partial charge in [0.15, 0.2) is 0 Å². The van der Waals surface area contributed by atoms with E-state index >= 15 is 0 Å². The SMILES string of the molecule is COCC1(CNC(C)Cn2cnc3ccccc3c2=O)CCC1. The van der Waals surface area contributed by atoms with Gasteiger partial charge in [0.25, 0.3) is 5.56 Å². The number of methoxy groups -OCH3 is 1. The van der Waals surface area contributed by atoms with E-state index in [0.717, 1.165) is 18.7 Å². The fourth-order valence-electron chi connectivity index (χ4n) is 3.34. The minimum atomic E-state index is 0.0273. The normalized spacial score (nSPS) is 17.8. The second-order valence-corrected chi connectivity index (χ2v) is 6.79. The molecular weight excluding hydrogens is 290 g/mol. The molecule has 2 aromatic rings. The third-order valence-electron chi connectivity index (χ3n) is 4.89. The average Bonchev–Trinajstić information content (AvgIpc) is 2.53. The van der Waals surface area contributed by atoms with Crippen LogP contribution in [0.2, 0.25) is 0 Å². The minimum absolute atomic E-state index is 0.0273. The van der Waals surface area contributed by atoms with Crippen molar-refractivity contribution in [2.24, 2.45) is 5.41 Å². The summed E-state index contributed by atoms with van der Waals surface area (Å²) in [5, 5.41) is 4.24. The lowest BCUT2D eigenvalue weighted by Gasteiger charge is -2.42. The maximum absolute atomic E-state index is 12.5. The average molecular weight is 315 g/mol. The molecule has 124 valence electrons. The highest BCUT2D eigenvalue weighted by Gasteiger charge is 2.36. The summed E-state index contributed by atoms with van der Waals surface area (Å²) in [5.74, 6) is 0. The molecule has 1 heterocycles. The monoisotopic (exact) mass is 315 g/mol. The number of para-hydroxylation sites is 1. The Kier molecular flexibility index (Phi) is 4.78. The molecule has 1 unspecified atom stereocenters. The van der Waals surface area contributed by atoms with E-state index in [1.165, 1.54) is 19.3 Å². The molecule has 0 radical (unpaired) electrons. The number of aromatic nitrogens is 2. The molecule has 1 fully saturated rings. The highest BCUT2D eigenvalue weighted by Crippen LogP contribution is 2.40. The zero-order chi connectivity index (χ0) is 16.3. The molecule has 1 aliphatic carbocycles. The molecule has 1 aromatic carbocycles. The molecule has 0 bridgehead atoms. The summed E-state index contributed by atoms with van der Waals surface area (Å²) in [4.78, 5) is 16.9. The number of hydrogen-bond donors (Lipinski definition) is 1. The number of hydrogen-bond acceptors (Lipinski definition) is 4. The van der Waals surface area contributed by atoms with Crippen molar-refractivity contribution in [3.63, 3.8) is 0 Å². The molecule has 3 rings (SSSR count). The van der Waals surface area contributed by atoms with E-state index in [-0.39, 0.29) is 17.0 Å². The van der Waals surface area contributed by atoms with Crippen LogP contribution < -0.4 is 10.9 Å². The Morgan fingerprint density at radius 2 is 2.17 bits per heavy atom. The van der Waals surface area contributed by atoms with Crippen LogP contribution in [0.25, 0.3) is 10.9 Å². The van der Waals surface area contributed by atoms with Crippen LogP contribution in [0.4, 0.5) is 0 Å². The number of rotatable bonds is 7. The molecule has 1 saturated carbocycles. The van der Waals surface area contributed by atoms with Gasteiger partial charge in [-0.2, -0.15) is 0 Å². The van der Waals surface area contributed by atoms with Crippen molar-refractivity contribution in [2.75, 3.05) is 20.3 Å². The van der Waals surface area contributed by atoms with Crippen LogP contribution in [-0.2, 0) is 11.3 Å². The van der Waals surface area contributed by atoms with Gasteiger partial charge in [0.05, 0.1) is 23.8 Å². The van der Waals surface area contributed by atoms with Gasteiger partial charge in [-0.25, -0.2) is 4.98 Å². The predicted molar refractivity (Wildman–Crippen MR) is 91.6 cm³/mol. The van der Waals surface area contributed by atoms with Gasteiger partial charge < -0.3 is 10.1 Å². The zero-order valence-electron chi connectivity index (χ0n) is 13.9. The van der Waals surface area contributed by atoms with E-state index < -0.39 is 0 Å². The highest BCUT2D eigenvalue weighted by atomic mass is 16.5. The summed E-state index contributed by atoms with van der Waals surface area (Å²) >= 11 is 0. The first-order chi connectivity index (χ1) is 11.1. The molecule has 5 nitrogen and oxygen atoms in total. The van der Waals surface area contributed by atoms with Gasteiger partial charge in [0, 0.05) is 31.7 Å². The van der Waals surface area contributed by atoms with Crippen LogP contribution in [0.15, 0.2) is 35.4 Å². The Balaban J connectivity index is 1.65. The van der Waals surface area contributed by atoms with Crippen LogP contribution >= 0.6 is 0 Å². The molecular formula is C18H25N3O2. The maximum Gasteiger partial charge on any atom is 0.261 e. The molecule has 0 amide bonds. The van der Waals surface area contributed by atoms with Crippen molar-refractivity contribution in [3.8, 4) is 0 Å². The summed E-state index contributed by atoms with van der Waals surface area (Å²) in [6.45, 7) is 4.49. The van der Waals surface area contributed by atoms with Crippen molar-refractivity contribution >= 4 is 10.9 Å². The topological polar surface area (TPSA) is 56.1 Å². The van der Waals surface area contributed by atoms with Crippen molar-refractivity contribution in [1.82, 2.24) is 14.9 Å². The third-order valence-corrected chi connectivity index (χ3v) is 4.89. The molecule has 5 heteroatoms. The van der Waals surface area contributed by atoms with Gasteiger partial charge in [-0.05, 0) is 31.9 Å². The lowest BCUT2D eigenvalue weighted by atomic mass is 9.69. The molecule has 1 aliphatic rings. The number of fused-ring (bicyclic) bond motifs is 1. The standard InChI is InChI=1S/C18H25N3O2/c1-14(19-11-18(12-23-2)8-5-9-18)10-21-13-20-16-7-4-3-6-15(16)17(21)22/h3-4,6-7,13-14,19H,5,8-12H2,1-2H3. The highest BCUT2D eigenvalue weighted by molar-refractivity contribution is 5.76. The number of benzene rings is 1. The minimum Gasteiger partial charge on any atom is -0.384 e. The number of ether oxygens (including phenoxy) is 1. The van der Waals surface area contributed by atoms with E-state index in [9.17, 15) is 4.79 Å². The van der Waals surface area contributed by atoms with Gasteiger partial charge in [0.2, 0.25) is 0 Å². The summed E-state index contributed by atoms with van der Waals surface area (Å²) in [6, 6.07) is 7.69. The van der Waals surface area contributed by atoms with E-state index in [1.807, 2.05) is 24.3 Å². The number of nitrogens with zero attached hydrogens (tertiary/aromatic N) is 2. The van der Waals surface area contributed by atoms with Crippen LogP contribution in [0.1, 0.15) is 26.2 Å². The summed E-state index contributed by atoms with van der Waals surface area (Å²) in [7, 11) is 1.77. The molecule has 0 saturated heterocycles. The number of nitrogens with one attached hydrogen (secondary N) is 1. The van der Waals surface area contributed by atoms with Crippen LogP contribution in [0, 0.1) is 5.41 Å². The Morgan fingerprint density at radius 3 is 2.87 bits per heavy atom. The van der Waals surface area contributed by atoms with Crippen molar-refractivity contribution in [3.05, 3.63) is 40.9 Å². The molecule has 1 N–H and O–H groups in total. The molecule has 0 aliphatic heterocycles. The van der Waals surface area contributed by atoms with Gasteiger partial charge in [-0.1, -0.05) is 18.6 Å². The van der Waals surface area contributed by atoms with E-state index in [0.29, 0.717) is 11.9 Å². The molecule has 0 spiro atoms. The van der Waals surface area contributed by atoms with Crippen LogP contribution in [0.5, 0.6) is 0 Å². The Hall–Kier alpha value is -1.72. The summed E-state index contributed by atoms with van der Waals surface area (Å²) < 4.78 is 7.06. The van der Waals surface area contributed by atoms with Crippen molar-refractivity contribution < 1.29 is 4.74 Å². The van der Waals surface area contributed by atoms with Gasteiger partial charge >= 0.3 is 0 Å². The third kappa shape index (κ3) is 3.46. The van der Waals surface area contributed by atoms with Gasteiger partial charge in [-0.3, -0.25) is 9.36 Å². The maximum atomic E-state index is 12.5. The fourth-order valence-corrected chi connectivity index (χ4v) is 3.34. The van der Waals surface area contributed by atoms with Crippen molar-refractivity contribution in [2.45, 2.75) is 38.8 Å². The zero-order valence-corrected chi connectivity index (χ0v) is 13.9. The van der Waals surface area contributed by atoms with E-state index in [4.69, 9.17) is 4.74 Å². The summed E-state index contributed by atoms with van der Waals surface area (Å²) in [5.41, 5.74) is 1.07. The van der Waals surface area contributed by atoms with E-state index in [2.05, 4.69) is 17.2 Å². The first-order valence-corrected chi connectivity index (χ1v) is 8.30. The van der Waals surface area contributed by atoms with Gasteiger partial charge in [0.1, 0.15) is 0 Å². The smallest absolute Gasteiger partial charge is 0.261 e. The second kappa shape index (κ2) is 6.81. The lowest BCUT2D eigenvalue weighted by Crippen LogP contribution is -2.47. The summed E-state index contributed by atoms with van der Waals surface area (Å²) in [6.07, 6.45) is 5.38. The van der Waals surface area contributed by atoms with Crippen LogP contribution in [-0.4, -0.2) is 35.9 Å². The predicted octanol–water partition coefficient (Wildman–Crippen LogP) is 2.19. The Labute approximate surface area is 136 Å². The molecule has 1 aromatic heterocycles. The molecule has 23 heavy (non-hydrogen) atoms. The molecule has 1 atom stereocenters. The Morgan fingerprint density at radius 1 is 1.39 bits per heavy atom. The quantitative estimate of drug-likeness (QED) is 0.851.